The molecule has 1 aromatic carbocycles. The summed E-state index contributed by atoms with van der Waals surface area (Å²) in [5.41, 5.74) is -0.236. The van der Waals surface area contributed by atoms with Crippen molar-refractivity contribution in [2.45, 2.75) is 45.8 Å². The lowest BCUT2D eigenvalue weighted by Gasteiger charge is -2.24. The fourth-order valence-corrected chi connectivity index (χ4v) is 1.80. The maximum atomic E-state index is 11.6. The van der Waals surface area contributed by atoms with Gasteiger partial charge in [-0.05, 0) is 39.8 Å². The van der Waals surface area contributed by atoms with Crippen LogP contribution >= 0.6 is 0 Å². The number of ketones is 1. The normalized spacial score (nSPS) is 12.2. The third-order valence-electron chi connectivity index (χ3n) is 2.89. The van der Waals surface area contributed by atoms with E-state index in [0.717, 1.165) is 0 Å². The fraction of sp³-hybridized carbons (Fsp3) is 0.471. The van der Waals surface area contributed by atoms with Crippen molar-refractivity contribution in [2.75, 3.05) is 6.61 Å². The molecule has 1 amide bonds. The van der Waals surface area contributed by atoms with Crippen LogP contribution in [0.2, 0.25) is 0 Å². The summed E-state index contributed by atoms with van der Waals surface area (Å²) in [6, 6.07) is 5.31. The summed E-state index contributed by atoms with van der Waals surface area (Å²) in [6.07, 6.45) is -0.846. The predicted octanol–water partition coefficient (Wildman–Crippen LogP) is 1.30. The molecular weight excluding hydrogens is 314 g/mol. The Kier molecular flexibility index (Phi) is 6.76. The number of nitrogens with one attached hydrogen (secondary N) is 1. The molecule has 0 aliphatic rings. The highest BCUT2D eigenvalue weighted by Gasteiger charge is 2.20. The van der Waals surface area contributed by atoms with Crippen LogP contribution in [0.4, 0.5) is 4.79 Å². The minimum absolute atomic E-state index is 0.00806. The lowest BCUT2D eigenvalue weighted by Crippen LogP contribution is -2.49. The Bertz CT molecular complexity index is 605. The average molecular weight is 336 g/mol. The number of amides is 1. The van der Waals surface area contributed by atoms with E-state index in [2.05, 4.69) is 5.32 Å². The minimum Gasteiger partial charge on any atom is -0.548 e. The number of benzene rings is 1. The summed E-state index contributed by atoms with van der Waals surface area (Å²) in [5, 5.41) is 13.3. The molecule has 0 aliphatic carbocycles. The topological polar surface area (TPSA) is 105 Å². The van der Waals surface area contributed by atoms with Crippen molar-refractivity contribution in [1.29, 1.82) is 0 Å². The van der Waals surface area contributed by atoms with Crippen molar-refractivity contribution in [1.82, 2.24) is 5.32 Å². The molecule has 0 radical (unpaired) electrons. The Morgan fingerprint density at radius 1 is 1.25 bits per heavy atom. The van der Waals surface area contributed by atoms with E-state index in [9.17, 15) is 19.5 Å². The van der Waals surface area contributed by atoms with Gasteiger partial charge in [0.05, 0.1) is 18.6 Å². The number of hydrogen-bond acceptors (Lipinski definition) is 6. The van der Waals surface area contributed by atoms with Crippen LogP contribution in [0.3, 0.4) is 0 Å². The molecule has 0 aromatic heterocycles. The molecule has 0 aliphatic heterocycles. The number of aliphatic carboxylic acids is 1. The van der Waals surface area contributed by atoms with E-state index in [4.69, 9.17) is 9.47 Å². The summed E-state index contributed by atoms with van der Waals surface area (Å²) >= 11 is 0. The molecule has 1 atom stereocenters. The summed E-state index contributed by atoms with van der Waals surface area (Å²) in [5.74, 6) is -1.08. The number of alkyl carbamates (subject to hydrolysis) is 1. The average Bonchev–Trinajstić information content (AvgIpc) is 2.44. The molecule has 0 saturated carbocycles. The lowest BCUT2D eigenvalue weighted by molar-refractivity contribution is -0.308. The van der Waals surface area contributed by atoms with E-state index < -0.39 is 23.7 Å². The van der Waals surface area contributed by atoms with Gasteiger partial charge in [-0.15, -0.1) is 0 Å². The highest BCUT2D eigenvalue weighted by molar-refractivity contribution is 5.94. The first kappa shape index (κ1) is 19.5. The second kappa shape index (κ2) is 8.33. The van der Waals surface area contributed by atoms with Crippen LogP contribution in [0.5, 0.6) is 5.75 Å². The first-order valence-electron chi connectivity index (χ1n) is 7.52. The van der Waals surface area contributed by atoms with Crippen LogP contribution in [0.1, 0.15) is 44.5 Å². The number of rotatable bonds is 7. The van der Waals surface area contributed by atoms with Crippen molar-refractivity contribution in [3.8, 4) is 5.75 Å². The third-order valence-corrected chi connectivity index (χ3v) is 2.89. The van der Waals surface area contributed by atoms with Crippen molar-refractivity contribution < 1.29 is 29.0 Å². The second-order valence-electron chi connectivity index (χ2n) is 6.24. The zero-order chi connectivity index (χ0) is 18.3. The Balaban J connectivity index is 2.55. The number of hydrogen-bond donors (Lipinski definition) is 1. The van der Waals surface area contributed by atoms with E-state index in [-0.39, 0.29) is 18.8 Å². The van der Waals surface area contributed by atoms with Crippen molar-refractivity contribution in [3.05, 3.63) is 29.8 Å². The Morgan fingerprint density at radius 2 is 1.92 bits per heavy atom. The number of carbonyl (C=O) groups excluding carboxylic acids is 3. The van der Waals surface area contributed by atoms with Gasteiger partial charge in [0.2, 0.25) is 0 Å². The molecular formula is C17H22NO6-. The molecule has 132 valence electrons. The van der Waals surface area contributed by atoms with Crippen molar-refractivity contribution in [2.24, 2.45) is 0 Å². The van der Waals surface area contributed by atoms with E-state index >= 15 is 0 Å². The molecule has 7 nitrogen and oxygen atoms in total. The monoisotopic (exact) mass is 336 g/mol. The molecule has 0 spiro atoms. The number of carboxylic acids is 1. The molecule has 7 heteroatoms. The van der Waals surface area contributed by atoms with Crippen LogP contribution in [0, 0.1) is 0 Å². The summed E-state index contributed by atoms with van der Waals surface area (Å²) < 4.78 is 10.4. The first-order chi connectivity index (χ1) is 11.1. The zero-order valence-corrected chi connectivity index (χ0v) is 14.3. The van der Waals surface area contributed by atoms with Crippen molar-refractivity contribution >= 4 is 17.8 Å². The smallest absolute Gasteiger partial charge is 0.408 e. The minimum atomic E-state index is -1.43. The number of Topliss-reactive ketones (excluding diaryl/α,β-unsaturated/α-hetero) is 1. The fourth-order valence-electron chi connectivity index (χ4n) is 1.80. The van der Waals surface area contributed by atoms with Crippen LogP contribution in [-0.2, 0) is 9.53 Å². The molecule has 1 aromatic rings. The quantitative estimate of drug-likeness (QED) is 0.753. The maximum Gasteiger partial charge on any atom is 0.408 e. The van der Waals surface area contributed by atoms with Gasteiger partial charge < -0.3 is 24.7 Å². The van der Waals surface area contributed by atoms with E-state index in [1.54, 1.807) is 45.0 Å². The van der Waals surface area contributed by atoms with Crippen LogP contribution in [-0.4, -0.2) is 36.1 Å². The third kappa shape index (κ3) is 7.13. The van der Waals surface area contributed by atoms with E-state index in [0.29, 0.717) is 11.3 Å². The van der Waals surface area contributed by atoms with E-state index in [1.807, 2.05) is 0 Å². The van der Waals surface area contributed by atoms with Gasteiger partial charge in [0.15, 0.2) is 5.78 Å². The lowest BCUT2D eigenvalue weighted by atomic mass is 10.1. The highest BCUT2D eigenvalue weighted by Crippen LogP contribution is 2.14. The number of carbonyl (C=O) groups is 3. The number of ether oxygens (including phenoxy) is 2. The van der Waals surface area contributed by atoms with Crippen LogP contribution in [0.15, 0.2) is 24.3 Å². The Morgan fingerprint density at radius 3 is 2.46 bits per heavy atom. The number of carboxylic acid groups (broad SMARTS) is 1. The molecule has 0 saturated heterocycles. The zero-order valence-electron chi connectivity index (χ0n) is 14.3. The van der Waals surface area contributed by atoms with Gasteiger partial charge in [0, 0.05) is 12.0 Å². The van der Waals surface area contributed by atoms with Gasteiger partial charge in [0.1, 0.15) is 11.4 Å². The maximum absolute atomic E-state index is 11.6. The molecule has 0 fully saturated rings. The molecule has 1 unspecified atom stereocenters. The van der Waals surface area contributed by atoms with Crippen LogP contribution < -0.4 is 15.2 Å². The largest absolute Gasteiger partial charge is 0.548 e. The highest BCUT2D eigenvalue weighted by atomic mass is 16.6. The molecule has 0 bridgehead atoms. The second-order valence-corrected chi connectivity index (χ2v) is 6.24. The van der Waals surface area contributed by atoms with Gasteiger partial charge >= 0.3 is 6.09 Å². The molecule has 1 rings (SSSR count). The summed E-state index contributed by atoms with van der Waals surface area (Å²) in [7, 11) is 0. The molecule has 24 heavy (non-hydrogen) atoms. The predicted molar refractivity (Wildman–Crippen MR) is 84.7 cm³/mol. The standard InChI is InChI=1S/C17H23NO6/c1-11(19)12-6-5-7-13(10-12)23-9-8-14(15(20)21)18-16(22)24-17(2,3)4/h5-7,10,14H,8-9H2,1-4H3,(H,18,22)(H,20,21)/p-1. The van der Waals surface area contributed by atoms with Gasteiger partial charge in [-0.2, -0.15) is 0 Å². The Labute approximate surface area is 141 Å². The molecule has 1 N–H and O–H groups in total. The first-order valence-corrected chi connectivity index (χ1v) is 7.52. The van der Waals surface area contributed by atoms with Gasteiger partial charge in [-0.25, -0.2) is 4.79 Å². The van der Waals surface area contributed by atoms with E-state index in [1.165, 1.54) is 6.92 Å². The SMILES string of the molecule is CC(=O)c1cccc(OCCC(NC(=O)OC(C)(C)C)C(=O)[O-])c1. The van der Waals surface area contributed by atoms with Gasteiger partial charge in [-0.1, -0.05) is 12.1 Å². The van der Waals surface area contributed by atoms with Gasteiger partial charge in [0.25, 0.3) is 0 Å². The van der Waals surface area contributed by atoms with Crippen LogP contribution in [0.25, 0.3) is 0 Å². The Hall–Kier alpha value is -2.57. The summed E-state index contributed by atoms with van der Waals surface area (Å²) in [6.45, 7) is 6.48. The summed E-state index contributed by atoms with van der Waals surface area (Å²) in [4.78, 5) is 34.0. The molecule has 0 heterocycles. The van der Waals surface area contributed by atoms with Gasteiger partial charge in [-0.3, -0.25) is 4.79 Å². The van der Waals surface area contributed by atoms with Crippen molar-refractivity contribution in [3.63, 3.8) is 0 Å².